The first kappa shape index (κ1) is 18.1. The van der Waals surface area contributed by atoms with Crippen LogP contribution in [-0.2, 0) is 30.0 Å². The molecule has 2 amide bonds. The van der Waals surface area contributed by atoms with E-state index in [-0.39, 0.29) is 44.9 Å². The topological polar surface area (TPSA) is 81.3 Å². The largest absolute Gasteiger partial charge is 0.429 e. The second kappa shape index (κ2) is 7.88. The number of nitrogens with zero attached hydrogens (tertiary/aromatic N) is 1. The molecule has 1 saturated heterocycles. The summed E-state index contributed by atoms with van der Waals surface area (Å²) in [6.07, 6.45) is 8.48. The van der Waals surface area contributed by atoms with Gasteiger partial charge in [0.2, 0.25) is 11.8 Å². The second-order valence-corrected chi connectivity index (χ2v) is 4.51. The summed E-state index contributed by atoms with van der Waals surface area (Å²) in [5.74, 6) is -1.29. The van der Waals surface area contributed by atoms with E-state index in [4.69, 9.17) is 11.0 Å². The van der Waals surface area contributed by atoms with Gasteiger partial charge in [-0.1, -0.05) is 23.9 Å². The van der Waals surface area contributed by atoms with Crippen molar-refractivity contribution in [1.82, 2.24) is 9.88 Å². The first-order chi connectivity index (χ1) is 10.1. The second-order valence-electron chi connectivity index (χ2n) is 4.51. The van der Waals surface area contributed by atoms with Gasteiger partial charge < -0.3 is 8.98 Å². The molecule has 1 fully saturated rings. The van der Waals surface area contributed by atoms with Crippen LogP contribution in [-0.4, -0.2) is 16.4 Å². The van der Waals surface area contributed by atoms with E-state index in [1.807, 2.05) is 13.0 Å². The predicted molar refractivity (Wildman–Crippen MR) is 77.0 cm³/mol. The maximum absolute atomic E-state index is 12.0. The molecule has 1 atom stereocenters. The Morgan fingerprint density at radius 1 is 1.32 bits per heavy atom. The molecule has 2 heterocycles. The number of aromatic nitrogens is 1. The summed E-state index contributed by atoms with van der Waals surface area (Å²) in [7, 11) is 0. The zero-order valence-corrected chi connectivity index (χ0v) is 14.6. The molecule has 0 aromatic carbocycles. The van der Waals surface area contributed by atoms with Gasteiger partial charge >= 0.3 is 5.76 Å². The van der Waals surface area contributed by atoms with E-state index in [1.165, 1.54) is 10.6 Å². The molecule has 1 aliphatic rings. The van der Waals surface area contributed by atoms with Crippen molar-refractivity contribution < 1.29 is 34.4 Å². The Morgan fingerprint density at radius 2 is 2.05 bits per heavy atom. The van der Waals surface area contributed by atoms with Crippen molar-refractivity contribution in [3.63, 3.8) is 0 Å². The molecule has 1 aliphatic heterocycles. The first-order valence-corrected chi connectivity index (χ1v) is 6.51. The van der Waals surface area contributed by atoms with Crippen molar-refractivity contribution in [2.45, 2.75) is 25.8 Å². The number of piperidine rings is 1. The summed E-state index contributed by atoms with van der Waals surface area (Å²) in [6.45, 7) is 7.41. The van der Waals surface area contributed by atoms with Gasteiger partial charge in [0.1, 0.15) is 6.04 Å². The van der Waals surface area contributed by atoms with Gasteiger partial charge in [-0.25, -0.2) is 10.9 Å². The van der Waals surface area contributed by atoms with Crippen LogP contribution in [0.3, 0.4) is 0 Å². The number of oxazole rings is 1. The van der Waals surface area contributed by atoms with E-state index in [2.05, 4.69) is 5.32 Å². The van der Waals surface area contributed by atoms with Crippen LogP contribution < -0.4 is 11.1 Å². The van der Waals surface area contributed by atoms with Crippen LogP contribution in [0.4, 0.5) is 0 Å². The third-order valence-corrected chi connectivity index (χ3v) is 3.14. The SMILES string of the molecule is [CH-]=Cc1c(/C=C\C=C/C)oc(=O)n1C1CCC(=O)NC1=O.[Re]. The summed E-state index contributed by atoms with van der Waals surface area (Å²) in [6, 6.07) is -0.794. The van der Waals surface area contributed by atoms with Crippen molar-refractivity contribution >= 4 is 24.0 Å². The number of amides is 2. The average molecular weight is 474 g/mol. The summed E-state index contributed by atoms with van der Waals surface area (Å²) in [5, 5.41) is 2.20. The standard InChI is InChI=1S/C15H15N2O4.Re/c1-3-5-6-7-12-10(4-2)17(15(20)21-12)11-8-9-13(18)16-14(11)19;/h2-7,11H,8-9H2,1H3,(H,16,18,19);/q-1;/b5-3-,7-6-;. The zero-order chi connectivity index (χ0) is 15.4. The maximum Gasteiger partial charge on any atom is 0.402 e. The summed E-state index contributed by atoms with van der Waals surface area (Å²) in [4.78, 5) is 35.0. The minimum absolute atomic E-state index is 0. The van der Waals surface area contributed by atoms with Crippen molar-refractivity contribution in [1.29, 1.82) is 0 Å². The molecular weight excluding hydrogens is 458 g/mol. The molecule has 0 spiro atoms. The normalized spacial score (nSPS) is 18.5. The monoisotopic (exact) mass is 474 g/mol. The minimum atomic E-state index is -0.794. The van der Waals surface area contributed by atoms with E-state index >= 15 is 0 Å². The zero-order valence-electron chi connectivity index (χ0n) is 11.9. The number of hydrogen-bond acceptors (Lipinski definition) is 4. The third-order valence-electron chi connectivity index (χ3n) is 3.14. The Hall–Kier alpha value is -1.97. The number of rotatable bonds is 4. The number of carbonyl (C=O) groups excluding carboxylic acids is 2. The molecule has 1 aromatic heterocycles. The third kappa shape index (κ3) is 3.62. The van der Waals surface area contributed by atoms with Crippen molar-refractivity contribution in [2.24, 2.45) is 0 Å². The van der Waals surface area contributed by atoms with Gasteiger partial charge in [0.15, 0.2) is 0 Å². The van der Waals surface area contributed by atoms with Crippen LogP contribution in [0.15, 0.2) is 27.4 Å². The minimum Gasteiger partial charge on any atom is -0.429 e. The Morgan fingerprint density at radius 3 is 2.64 bits per heavy atom. The number of nitrogens with one attached hydrogen (secondary N) is 1. The molecule has 6 nitrogen and oxygen atoms in total. The molecule has 1 radical (unpaired) electrons. The molecule has 1 N–H and O–H groups in total. The molecule has 1 aromatic rings. The van der Waals surface area contributed by atoms with E-state index in [0.717, 1.165) is 0 Å². The molecule has 0 saturated carbocycles. The predicted octanol–water partition coefficient (Wildman–Crippen LogP) is 1.45. The van der Waals surface area contributed by atoms with Gasteiger partial charge in [-0.05, 0) is 19.4 Å². The van der Waals surface area contributed by atoms with E-state index in [1.54, 1.807) is 18.2 Å². The summed E-state index contributed by atoms with van der Waals surface area (Å²) < 4.78 is 6.30. The van der Waals surface area contributed by atoms with Gasteiger partial charge in [-0.3, -0.25) is 21.5 Å². The number of hydrogen-bond donors (Lipinski definition) is 1. The Bertz CT molecular complexity index is 697. The Kier molecular flexibility index (Phi) is 6.47. The molecule has 0 bridgehead atoms. The molecule has 0 aliphatic carbocycles. The van der Waals surface area contributed by atoms with Crippen molar-refractivity contribution in [3.8, 4) is 0 Å². The first-order valence-electron chi connectivity index (χ1n) is 6.51. The van der Waals surface area contributed by atoms with Gasteiger partial charge in [0.05, 0.1) is 5.76 Å². The smallest absolute Gasteiger partial charge is 0.402 e. The average Bonchev–Trinajstić information content (AvgIpc) is 2.75. The van der Waals surface area contributed by atoms with E-state index in [0.29, 0.717) is 5.69 Å². The fourth-order valence-electron chi connectivity index (χ4n) is 2.17. The van der Waals surface area contributed by atoms with Crippen molar-refractivity contribution in [2.75, 3.05) is 0 Å². The molecule has 7 heteroatoms. The van der Waals surface area contributed by atoms with Gasteiger partial charge in [0, 0.05) is 26.8 Å². The van der Waals surface area contributed by atoms with Gasteiger partial charge in [-0.15, -0.1) is 0 Å². The number of allylic oxidation sites excluding steroid dienone is 3. The van der Waals surface area contributed by atoms with E-state index in [9.17, 15) is 14.4 Å². The van der Waals surface area contributed by atoms with Gasteiger partial charge in [-0.2, -0.15) is 0 Å². The maximum atomic E-state index is 12.0. The van der Waals surface area contributed by atoms with Crippen LogP contribution in [0.5, 0.6) is 0 Å². The molecule has 1 unspecified atom stereocenters. The molecule has 2 rings (SSSR count). The molecule has 117 valence electrons. The van der Waals surface area contributed by atoms with Crippen LogP contribution >= 0.6 is 0 Å². The van der Waals surface area contributed by atoms with Crippen molar-refractivity contribution in [3.05, 3.63) is 46.8 Å². The number of carbonyl (C=O) groups is 2. The molecular formula is C15H15N2O4Re-. The van der Waals surface area contributed by atoms with Crippen LogP contribution in [0.1, 0.15) is 37.3 Å². The van der Waals surface area contributed by atoms with Crippen LogP contribution in [0.2, 0.25) is 0 Å². The fraction of sp³-hybridized carbons (Fsp3) is 0.267. The Labute approximate surface area is 141 Å². The summed E-state index contributed by atoms with van der Waals surface area (Å²) >= 11 is 0. The quantitative estimate of drug-likeness (QED) is 0.408. The Balaban J connectivity index is 0.00000242. The van der Waals surface area contributed by atoms with Gasteiger partial charge in [0.25, 0.3) is 0 Å². The molecule has 22 heavy (non-hydrogen) atoms. The van der Waals surface area contributed by atoms with Crippen LogP contribution in [0.25, 0.3) is 12.2 Å². The van der Waals surface area contributed by atoms with Crippen LogP contribution in [0, 0.1) is 6.58 Å². The summed E-state index contributed by atoms with van der Waals surface area (Å²) in [5.41, 5.74) is 0.315. The number of imide groups is 1. The fourth-order valence-corrected chi connectivity index (χ4v) is 2.17. The van der Waals surface area contributed by atoms with E-state index < -0.39 is 17.7 Å².